The Balaban J connectivity index is 2.56. The van der Waals surface area contributed by atoms with Crippen LogP contribution in [0.1, 0.15) is 23.1 Å². The number of aryl methyl sites for hydroxylation is 1. The molecule has 1 aromatic rings. The van der Waals surface area contributed by atoms with Crippen molar-refractivity contribution in [2.45, 2.75) is 19.4 Å². The van der Waals surface area contributed by atoms with Crippen LogP contribution in [0.15, 0.2) is 18.2 Å². The van der Waals surface area contributed by atoms with Gasteiger partial charge in [0.15, 0.2) is 0 Å². The van der Waals surface area contributed by atoms with E-state index in [1.165, 1.54) is 0 Å². The Morgan fingerprint density at radius 2 is 2.29 bits per heavy atom. The fraction of sp³-hybridized carbons (Fsp3) is 0.500. The van der Waals surface area contributed by atoms with Crippen LogP contribution in [-0.2, 0) is 0 Å². The average Bonchev–Trinajstić information content (AvgIpc) is 2.26. The first-order valence-corrected chi connectivity index (χ1v) is 6.77. The van der Waals surface area contributed by atoms with Crippen molar-refractivity contribution in [2.24, 2.45) is 0 Å². The van der Waals surface area contributed by atoms with Gasteiger partial charge in [-0.15, -0.1) is 0 Å². The van der Waals surface area contributed by atoms with E-state index in [1.54, 1.807) is 30.8 Å². The summed E-state index contributed by atoms with van der Waals surface area (Å²) in [6.45, 7) is 3.76. The van der Waals surface area contributed by atoms with Crippen LogP contribution in [0.25, 0.3) is 0 Å². The number of hydrogen-bond acceptors (Lipinski definition) is 4. The Hall–Kier alpha value is -1.07. The summed E-state index contributed by atoms with van der Waals surface area (Å²) < 4.78 is 0. The summed E-state index contributed by atoms with van der Waals surface area (Å²) in [6, 6.07) is 5.28. The third-order valence-electron chi connectivity index (χ3n) is 2.21. The van der Waals surface area contributed by atoms with Gasteiger partial charge in [-0.3, -0.25) is 4.79 Å². The molecule has 5 heteroatoms. The van der Waals surface area contributed by atoms with E-state index >= 15 is 0 Å². The third-order valence-corrected chi connectivity index (χ3v) is 3.12. The number of thioether (sulfide) groups is 1. The van der Waals surface area contributed by atoms with E-state index < -0.39 is 5.60 Å². The van der Waals surface area contributed by atoms with Crippen molar-refractivity contribution in [2.75, 3.05) is 18.6 Å². The highest BCUT2D eigenvalue weighted by Crippen LogP contribution is 2.09. The van der Waals surface area contributed by atoms with E-state index in [1.807, 2.05) is 19.2 Å². The maximum absolute atomic E-state index is 11.8. The molecule has 0 saturated heterocycles. The molecule has 0 saturated carbocycles. The van der Waals surface area contributed by atoms with Crippen LogP contribution in [0.2, 0.25) is 0 Å². The van der Waals surface area contributed by atoms with E-state index in [-0.39, 0.29) is 12.5 Å². The molecule has 0 aromatic carbocycles. The van der Waals surface area contributed by atoms with Gasteiger partial charge in [0.1, 0.15) is 5.69 Å². The van der Waals surface area contributed by atoms with E-state index in [2.05, 4.69) is 10.3 Å². The van der Waals surface area contributed by atoms with Crippen LogP contribution < -0.4 is 5.32 Å². The van der Waals surface area contributed by atoms with Gasteiger partial charge in [0.05, 0.1) is 5.60 Å². The molecule has 0 fully saturated rings. The molecule has 0 radical (unpaired) electrons. The molecule has 2 N–H and O–H groups in total. The van der Waals surface area contributed by atoms with E-state index in [0.29, 0.717) is 11.4 Å². The number of aromatic nitrogens is 1. The largest absolute Gasteiger partial charge is 0.387 e. The minimum absolute atomic E-state index is 0.224. The lowest BCUT2D eigenvalue weighted by Crippen LogP contribution is -2.42. The lowest BCUT2D eigenvalue weighted by Gasteiger charge is -2.22. The van der Waals surface area contributed by atoms with Crippen molar-refractivity contribution in [1.82, 2.24) is 10.3 Å². The molecular weight excluding hydrogens is 236 g/mol. The summed E-state index contributed by atoms with van der Waals surface area (Å²) in [5.74, 6) is 0.323. The first-order valence-electron chi connectivity index (χ1n) is 5.38. The minimum Gasteiger partial charge on any atom is -0.387 e. The first kappa shape index (κ1) is 14.0. The van der Waals surface area contributed by atoms with Crippen LogP contribution in [0.3, 0.4) is 0 Å². The first-order chi connectivity index (χ1) is 7.94. The molecule has 94 valence electrons. The van der Waals surface area contributed by atoms with Crippen molar-refractivity contribution in [1.29, 1.82) is 0 Å². The number of aliphatic hydroxyl groups is 1. The average molecular weight is 254 g/mol. The maximum atomic E-state index is 11.8. The zero-order valence-corrected chi connectivity index (χ0v) is 11.2. The van der Waals surface area contributed by atoms with E-state index in [4.69, 9.17) is 0 Å². The molecule has 17 heavy (non-hydrogen) atoms. The standard InChI is InChI=1S/C12H18N2O2S/c1-9-5-4-6-10(14-9)11(15)13-7-12(2,16)8-17-3/h4-6,16H,7-8H2,1-3H3,(H,13,15)/t12-/m0/s1. The zero-order valence-electron chi connectivity index (χ0n) is 10.4. The number of carbonyl (C=O) groups is 1. The molecule has 0 aliphatic heterocycles. The number of hydrogen-bond donors (Lipinski definition) is 2. The second-order valence-corrected chi connectivity index (χ2v) is 5.14. The lowest BCUT2D eigenvalue weighted by atomic mass is 10.1. The van der Waals surface area contributed by atoms with Gasteiger partial charge < -0.3 is 10.4 Å². The van der Waals surface area contributed by atoms with Crippen molar-refractivity contribution < 1.29 is 9.90 Å². The quantitative estimate of drug-likeness (QED) is 0.829. The van der Waals surface area contributed by atoms with Gasteiger partial charge in [-0.25, -0.2) is 4.98 Å². The summed E-state index contributed by atoms with van der Waals surface area (Å²) >= 11 is 1.54. The topological polar surface area (TPSA) is 62.2 Å². The van der Waals surface area contributed by atoms with E-state index in [9.17, 15) is 9.90 Å². The number of nitrogens with one attached hydrogen (secondary N) is 1. The Kier molecular flexibility index (Phi) is 4.96. The summed E-state index contributed by atoms with van der Waals surface area (Å²) in [7, 11) is 0. The normalized spacial score (nSPS) is 14.1. The number of carbonyl (C=O) groups excluding carboxylic acids is 1. The number of pyridine rings is 1. The second-order valence-electron chi connectivity index (χ2n) is 4.28. The van der Waals surface area contributed by atoms with Gasteiger partial charge in [-0.2, -0.15) is 11.8 Å². The molecule has 0 aliphatic carbocycles. The Morgan fingerprint density at radius 1 is 1.59 bits per heavy atom. The minimum atomic E-state index is -0.890. The van der Waals surface area contributed by atoms with Crippen LogP contribution in [-0.4, -0.2) is 40.2 Å². The number of nitrogens with zero attached hydrogens (tertiary/aromatic N) is 1. The molecule has 1 heterocycles. The van der Waals surface area contributed by atoms with Crippen LogP contribution in [0.4, 0.5) is 0 Å². The molecule has 4 nitrogen and oxygen atoms in total. The number of rotatable bonds is 5. The van der Waals surface area contributed by atoms with Crippen LogP contribution in [0.5, 0.6) is 0 Å². The summed E-state index contributed by atoms with van der Waals surface area (Å²) in [6.07, 6.45) is 1.92. The molecule has 0 aliphatic rings. The SMILES string of the molecule is CSC[C@@](C)(O)CNC(=O)c1cccc(C)n1. The Morgan fingerprint density at radius 3 is 2.88 bits per heavy atom. The Labute approximate surface area is 106 Å². The highest BCUT2D eigenvalue weighted by Gasteiger charge is 2.21. The lowest BCUT2D eigenvalue weighted by molar-refractivity contribution is 0.0722. The van der Waals surface area contributed by atoms with Crippen LogP contribution in [0, 0.1) is 6.92 Å². The molecule has 0 spiro atoms. The maximum Gasteiger partial charge on any atom is 0.269 e. The van der Waals surface area contributed by atoms with Crippen molar-refractivity contribution in [3.05, 3.63) is 29.6 Å². The predicted octanol–water partition coefficient (Wildman–Crippen LogP) is 1.23. The third kappa shape index (κ3) is 4.75. The fourth-order valence-electron chi connectivity index (χ4n) is 1.39. The van der Waals surface area contributed by atoms with E-state index in [0.717, 1.165) is 5.69 Å². The predicted molar refractivity (Wildman–Crippen MR) is 70.3 cm³/mol. The molecule has 0 bridgehead atoms. The summed E-state index contributed by atoms with van der Waals surface area (Å²) in [5.41, 5.74) is 0.289. The summed E-state index contributed by atoms with van der Waals surface area (Å²) in [4.78, 5) is 15.9. The molecule has 1 atom stereocenters. The molecule has 1 rings (SSSR count). The summed E-state index contributed by atoms with van der Waals surface area (Å²) in [5, 5.41) is 12.6. The fourth-order valence-corrected chi connectivity index (χ4v) is 2.12. The van der Waals surface area contributed by atoms with Gasteiger partial charge in [-0.1, -0.05) is 6.07 Å². The molecule has 1 aromatic heterocycles. The molecule has 1 amide bonds. The van der Waals surface area contributed by atoms with Gasteiger partial charge in [-0.05, 0) is 32.2 Å². The van der Waals surface area contributed by atoms with Crippen molar-refractivity contribution in [3.8, 4) is 0 Å². The highest BCUT2D eigenvalue weighted by atomic mass is 32.2. The van der Waals surface area contributed by atoms with Gasteiger partial charge >= 0.3 is 0 Å². The number of amides is 1. The van der Waals surface area contributed by atoms with Crippen molar-refractivity contribution in [3.63, 3.8) is 0 Å². The van der Waals surface area contributed by atoms with Gasteiger partial charge in [0, 0.05) is 18.0 Å². The smallest absolute Gasteiger partial charge is 0.269 e. The van der Waals surface area contributed by atoms with Crippen LogP contribution >= 0.6 is 11.8 Å². The molecule has 0 unspecified atom stereocenters. The van der Waals surface area contributed by atoms with Gasteiger partial charge in [0.2, 0.25) is 0 Å². The monoisotopic (exact) mass is 254 g/mol. The highest BCUT2D eigenvalue weighted by molar-refractivity contribution is 7.98. The van der Waals surface area contributed by atoms with Crippen molar-refractivity contribution >= 4 is 17.7 Å². The zero-order chi connectivity index (χ0) is 12.9. The van der Waals surface area contributed by atoms with Gasteiger partial charge in [0.25, 0.3) is 5.91 Å². The second kappa shape index (κ2) is 6.02. The molecular formula is C12H18N2O2S. The Bertz CT molecular complexity index is 394.